The molecule has 1 aromatic carbocycles. The third kappa shape index (κ3) is 2.40. The summed E-state index contributed by atoms with van der Waals surface area (Å²) in [4.78, 5) is 0. The van der Waals surface area contributed by atoms with Crippen LogP contribution in [0.5, 0.6) is 5.75 Å². The molecule has 10 heavy (non-hydrogen) atoms. The molecule has 0 amide bonds. The lowest BCUT2D eigenvalue weighted by Gasteiger charge is -1.96. The van der Waals surface area contributed by atoms with Gasteiger partial charge in [-0.3, -0.25) is 0 Å². The Bertz CT molecular complexity index is 201. The quantitative estimate of drug-likeness (QED) is 0.729. The Balaban J connectivity index is 2.69. The molecule has 0 aliphatic carbocycles. The fourth-order valence-corrected chi connectivity index (χ4v) is 1.19. The van der Waals surface area contributed by atoms with Crippen LogP contribution < -0.4 is 4.18 Å². The number of benzene rings is 1. The van der Waals surface area contributed by atoms with Gasteiger partial charge in [-0.2, -0.15) is 0 Å². The summed E-state index contributed by atoms with van der Waals surface area (Å²) in [6, 6.07) is 7.45. The van der Waals surface area contributed by atoms with E-state index in [1.807, 2.05) is 24.3 Å². The van der Waals surface area contributed by atoms with Crippen molar-refractivity contribution >= 4 is 37.9 Å². The van der Waals surface area contributed by atoms with Crippen LogP contribution >= 0.6 is 37.9 Å². The maximum atomic E-state index is 5.26. The summed E-state index contributed by atoms with van der Waals surface area (Å²) in [6.07, 6.45) is 0. The van der Waals surface area contributed by atoms with Crippen LogP contribution in [0.15, 0.2) is 28.7 Å². The van der Waals surface area contributed by atoms with E-state index in [0.717, 1.165) is 21.5 Å². The number of halogens is 2. The highest BCUT2D eigenvalue weighted by Crippen LogP contribution is 2.20. The van der Waals surface area contributed by atoms with E-state index in [2.05, 4.69) is 15.9 Å². The van der Waals surface area contributed by atoms with Crippen molar-refractivity contribution in [1.82, 2.24) is 0 Å². The van der Waals surface area contributed by atoms with Gasteiger partial charge in [0.1, 0.15) is 5.75 Å². The Morgan fingerprint density at radius 1 is 1.30 bits per heavy atom. The molecule has 1 nitrogen and oxygen atoms in total. The molecule has 1 aromatic rings. The average molecular weight is 240 g/mol. The maximum absolute atomic E-state index is 5.26. The molecule has 0 atom stereocenters. The van der Waals surface area contributed by atoms with E-state index in [0.29, 0.717) is 0 Å². The summed E-state index contributed by atoms with van der Waals surface area (Å²) in [5.41, 5.74) is 0. The first kappa shape index (κ1) is 8.24. The molecule has 0 fully saturated rings. The first-order valence-corrected chi connectivity index (χ1v) is 4.90. The lowest BCUT2D eigenvalue weighted by molar-refractivity contribution is 0.655. The third-order valence-corrected chi connectivity index (χ3v) is 1.91. The van der Waals surface area contributed by atoms with Gasteiger partial charge in [-0.1, -0.05) is 15.9 Å². The summed E-state index contributed by atoms with van der Waals surface area (Å²) in [5.74, 6) is 0.753. The topological polar surface area (TPSA) is 9.23 Å². The minimum absolute atomic E-state index is 0.753. The largest absolute Gasteiger partial charge is 0.409 e. The van der Waals surface area contributed by atoms with Crippen LogP contribution in [0.2, 0.25) is 0 Å². The van der Waals surface area contributed by atoms with Crippen LogP contribution in [0.3, 0.4) is 0 Å². The van der Waals surface area contributed by atoms with Gasteiger partial charge in [0, 0.05) is 15.2 Å². The fourth-order valence-electron chi connectivity index (χ4n) is 0.527. The van der Waals surface area contributed by atoms with Crippen LogP contribution in [0.1, 0.15) is 0 Å². The van der Waals surface area contributed by atoms with Crippen molar-refractivity contribution < 1.29 is 4.18 Å². The Hall–Kier alpha value is 0.140. The van der Waals surface area contributed by atoms with Gasteiger partial charge in [-0.15, -0.1) is 0 Å². The SMILES string of the molecule is ClSOc1ccc(Br)cc1. The van der Waals surface area contributed by atoms with Crippen molar-refractivity contribution in [3.63, 3.8) is 0 Å². The van der Waals surface area contributed by atoms with E-state index >= 15 is 0 Å². The van der Waals surface area contributed by atoms with Gasteiger partial charge in [0.05, 0.1) is 0 Å². The van der Waals surface area contributed by atoms with Gasteiger partial charge < -0.3 is 4.18 Å². The van der Waals surface area contributed by atoms with E-state index in [9.17, 15) is 0 Å². The number of hydrogen-bond donors (Lipinski definition) is 0. The molecular weight excluding hydrogens is 235 g/mol. The summed E-state index contributed by atoms with van der Waals surface area (Å²) in [6.45, 7) is 0. The highest BCUT2D eigenvalue weighted by molar-refractivity contribution is 9.10. The smallest absolute Gasteiger partial charge is 0.166 e. The second-order valence-electron chi connectivity index (χ2n) is 1.60. The molecule has 1 rings (SSSR count). The van der Waals surface area contributed by atoms with E-state index in [4.69, 9.17) is 14.9 Å². The number of hydrogen-bond acceptors (Lipinski definition) is 2. The summed E-state index contributed by atoms with van der Waals surface area (Å²) in [5, 5.41) is 0. The molecule has 0 unspecified atom stereocenters. The molecule has 0 bridgehead atoms. The molecule has 0 saturated carbocycles. The molecular formula is C6H4BrClOS. The van der Waals surface area contributed by atoms with E-state index in [-0.39, 0.29) is 0 Å². The van der Waals surface area contributed by atoms with Crippen LogP contribution in [-0.2, 0) is 0 Å². The predicted molar refractivity (Wildman–Crippen MR) is 48.2 cm³/mol. The van der Waals surface area contributed by atoms with Crippen molar-refractivity contribution in [3.8, 4) is 5.75 Å². The summed E-state index contributed by atoms with van der Waals surface area (Å²) in [7, 11) is 5.26. The van der Waals surface area contributed by atoms with Crippen LogP contribution in [-0.4, -0.2) is 0 Å². The zero-order chi connectivity index (χ0) is 7.40. The van der Waals surface area contributed by atoms with Crippen LogP contribution in [0.25, 0.3) is 0 Å². The van der Waals surface area contributed by atoms with Gasteiger partial charge in [0.15, 0.2) is 11.3 Å². The molecule has 0 aromatic heterocycles. The van der Waals surface area contributed by atoms with Gasteiger partial charge in [-0.05, 0) is 24.3 Å². The predicted octanol–water partition coefficient (Wildman–Crippen LogP) is 3.63. The Kier molecular flexibility index (Phi) is 3.39. The number of rotatable bonds is 2. The molecule has 0 N–H and O–H groups in total. The van der Waals surface area contributed by atoms with Crippen molar-refractivity contribution in [2.24, 2.45) is 0 Å². The summed E-state index contributed by atoms with van der Waals surface area (Å²) < 4.78 is 5.95. The van der Waals surface area contributed by atoms with Crippen molar-refractivity contribution in [3.05, 3.63) is 28.7 Å². The van der Waals surface area contributed by atoms with Crippen molar-refractivity contribution in [1.29, 1.82) is 0 Å². The van der Waals surface area contributed by atoms with E-state index in [1.165, 1.54) is 0 Å². The molecule has 0 spiro atoms. The van der Waals surface area contributed by atoms with E-state index < -0.39 is 0 Å². The van der Waals surface area contributed by atoms with Gasteiger partial charge in [-0.25, -0.2) is 0 Å². The van der Waals surface area contributed by atoms with E-state index in [1.54, 1.807) is 0 Å². The lowest BCUT2D eigenvalue weighted by atomic mass is 10.3. The van der Waals surface area contributed by atoms with Gasteiger partial charge >= 0.3 is 0 Å². The molecule has 54 valence electrons. The first-order valence-electron chi connectivity index (χ1n) is 2.54. The second-order valence-corrected chi connectivity index (χ2v) is 3.19. The highest BCUT2D eigenvalue weighted by atomic mass is 79.9. The zero-order valence-corrected chi connectivity index (χ0v) is 8.04. The lowest BCUT2D eigenvalue weighted by Crippen LogP contribution is -1.74. The normalized spacial score (nSPS) is 9.40. The molecule has 0 aliphatic heterocycles. The molecule has 0 saturated heterocycles. The standard InChI is InChI=1S/C6H4BrClOS/c7-5-1-3-6(4-2-5)9-10-8/h1-4H. The Morgan fingerprint density at radius 3 is 2.40 bits per heavy atom. The fraction of sp³-hybridized carbons (Fsp3) is 0. The second kappa shape index (κ2) is 4.11. The van der Waals surface area contributed by atoms with Crippen molar-refractivity contribution in [2.45, 2.75) is 0 Å². The highest BCUT2D eigenvalue weighted by Gasteiger charge is 1.91. The van der Waals surface area contributed by atoms with Gasteiger partial charge in [0.25, 0.3) is 0 Å². The molecule has 0 heterocycles. The zero-order valence-electron chi connectivity index (χ0n) is 4.88. The Morgan fingerprint density at radius 2 is 1.90 bits per heavy atom. The molecule has 0 aliphatic rings. The van der Waals surface area contributed by atoms with Crippen LogP contribution in [0.4, 0.5) is 0 Å². The maximum Gasteiger partial charge on any atom is 0.166 e. The monoisotopic (exact) mass is 238 g/mol. The first-order chi connectivity index (χ1) is 4.83. The molecule has 4 heteroatoms. The van der Waals surface area contributed by atoms with Crippen LogP contribution in [0, 0.1) is 0 Å². The average Bonchev–Trinajstić information content (AvgIpc) is 1.95. The minimum Gasteiger partial charge on any atom is -0.409 e. The molecule has 0 radical (unpaired) electrons. The summed E-state index contributed by atoms with van der Waals surface area (Å²) >= 11 is 4.12. The van der Waals surface area contributed by atoms with Gasteiger partial charge in [0.2, 0.25) is 0 Å². The third-order valence-electron chi connectivity index (χ3n) is 0.941. The Labute approximate surface area is 76.6 Å². The van der Waals surface area contributed by atoms with Crippen molar-refractivity contribution in [2.75, 3.05) is 0 Å². The minimum atomic E-state index is 0.753.